The maximum absolute atomic E-state index is 11.2. The van der Waals surface area contributed by atoms with Crippen LogP contribution in [0.3, 0.4) is 0 Å². The molecule has 3 N–H and O–H groups in total. The van der Waals surface area contributed by atoms with Crippen LogP contribution in [0, 0.1) is 0 Å². The average Bonchev–Trinajstić information content (AvgIpc) is 2.79. The standard InChI is InChI=1S/C12H17N3O2/c16-11(17)9-6-8-10(14-7-13-8)12(15-9)4-2-1-3-5-12/h7,9,15H,1-6H2,(H,13,14)(H,16,17). The first kappa shape index (κ1) is 10.8. The van der Waals surface area contributed by atoms with Gasteiger partial charge in [-0.2, -0.15) is 0 Å². The van der Waals surface area contributed by atoms with Gasteiger partial charge in [-0.05, 0) is 12.8 Å². The van der Waals surface area contributed by atoms with Crippen molar-refractivity contribution >= 4 is 5.97 Å². The Kier molecular flexibility index (Phi) is 2.43. The summed E-state index contributed by atoms with van der Waals surface area (Å²) in [5.41, 5.74) is 1.85. The van der Waals surface area contributed by atoms with E-state index in [9.17, 15) is 9.90 Å². The maximum atomic E-state index is 11.2. The predicted molar refractivity (Wildman–Crippen MR) is 61.6 cm³/mol. The summed E-state index contributed by atoms with van der Waals surface area (Å²) in [6.07, 6.45) is 7.71. The van der Waals surface area contributed by atoms with E-state index in [0.29, 0.717) is 6.42 Å². The minimum absolute atomic E-state index is 0.200. The molecule has 2 aliphatic rings. The highest BCUT2D eigenvalue weighted by molar-refractivity contribution is 5.74. The Bertz CT molecular complexity index is 435. The van der Waals surface area contributed by atoms with Crippen LogP contribution >= 0.6 is 0 Å². The van der Waals surface area contributed by atoms with Crippen molar-refractivity contribution in [3.63, 3.8) is 0 Å². The van der Waals surface area contributed by atoms with Gasteiger partial charge in [0.2, 0.25) is 0 Å². The van der Waals surface area contributed by atoms with E-state index >= 15 is 0 Å². The van der Waals surface area contributed by atoms with Gasteiger partial charge in [0.1, 0.15) is 6.04 Å². The van der Waals surface area contributed by atoms with Crippen LogP contribution in [0.1, 0.15) is 43.5 Å². The minimum atomic E-state index is -0.768. The fourth-order valence-corrected chi connectivity index (χ4v) is 3.23. The van der Waals surface area contributed by atoms with E-state index in [0.717, 1.165) is 37.1 Å². The summed E-state index contributed by atoms with van der Waals surface area (Å²) in [4.78, 5) is 18.7. The third-order valence-corrected chi connectivity index (χ3v) is 4.04. The van der Waals surface area contributed by atoms with Crippen molar-refractivity contribution in [3.05, 3.63) is 17.7 Å². The van der Waals surface area contributed by atoms with Gasteiger partial charge in [-0.25, -0.2) is 4.98 Å². The number of nitrogens with one attached hydrogen (secondary N) is 2. The molecule has 0 saturated heterocycles. The van der Waals surface area contributed by atoms with E-state index in [1.807, 2.05) is 0 Å². The number of hydrogen-bond acceptors (Lipinski definition) is 3. The summed E-state index contributed by atoms with van der Waals surface area (Å²) in [5, 5.41) is 12.5. The molecule has 0 bridgehead atoms. The molecule has 5 nitrogen and oxygen atoms in total. The number of aromatic nitrogens is 2. The number of aromatic amines is 1. The van der Waals surface area contributed by atoms with Crippen LogP contribution in [0.2, 0.25) is 0 Å². The first-order valence-electron chi connectivity index (χ1n) is 6.24. The second-order valence-corrected chi connectivity index (χ2v) is 5.11. The van der Waals surface area contributed by atoms with Crippen LogP contribution in [0.15, 0.2) is 6.33 Å². The van der Waals surface area contributed by atoms with Crippen molar-refractivity contribution in [3.8, 4) is 0 Å². The zero-order chi connectivity index (χ0) is 11.9. The molecular formula is C12H17N3O2. The first-order valence-corrected chi connectivity index (χ1v) is 6.24. The lowest BCUT2D eigenvalue weighted by molar-refractivity contribution is -0.140. The zero-order valence-electron chi connectivity index (χ0n) is 9.70. The Hall–Kier alpha value is -1.36. The number of carbonyl (C=O) groups is 1. The fraction of sp³-hybridized carbons (Fsp3) is 0.667. The molecule has 0 radical (unpaired) electrons. The topological polar surface area (TPSA) is 78.0 Å². The summed E-state index contributed by atoms with van der Waals surface area (Å²) in [6, 6.07) is -0.485. The zero-order valence-corrected chi connectivity index (χ0v) is 9.70. The lowest BCUT2D eigenvalue weighted by Gasteiger charge is -2.42. The van der Waals surface area contributed by atoms with E-state index in [-0.39, 0.29) is 5.54 Å². The Morgan fingerprint density at radius 3 is 2.88 bits per heavy atom. The molecule has 1 atom stereocenters. The molecule has 2 heterocycles. The van der Waals surface area contributed by atoms with Crippen LogP contribution < -0.4 is 5.32 Å². The highest BCUT2D eigenvalue weighted by atomic mass is 16.4. The molecule has 0 aromatic carbocycles. The van der Waals surface area contributed by atoms with Crippen molar-refractivity contribution < 1.29 is 9.90 Å². The second kappa shape index (κ2) is 3.84. The fourth-order valence-electron chi connectivity index (χ4n) is 3.23. The molecule has 92 valence electrons. The summed E-state index contributed by atoms with van der Waals surface area (Å²) >= 11 is 0. The summed E-state index contributed by atoms with van der Waals surface area (Å²) < 4.78 is 0. The van der Waals surface area contributed by atoms with Gasteiger partial charge in [-0.15, -0.1) is 0 Å². The number of aliphatic carboxylic acids is 1. The molecule has 1 spiro atoms. The third kappa shape index (κ3) is 1.65. The highest BCUT2D eigenvalue weighted by Crippen LogP contribution is 2.40. The molecule has 1 aromatic rings. The lowest BCUT2D eigenvalue weighted by Crippen LogP contribution is -2.56. The lowest BCUT2D eigenvalue weighted by atomic mass is 9.75. The van der Waals surface area contributed by atoms with Crippen LogP contribution in [-0.4, -0.2) is 27.1 Å². The molecule has 1 aromatic heterocycles. The summed E-state index contributed by atoms with van der Waals surface area (Å²) in [6.45, 7) is 0. The molecule has 1 aliphatic carbocycles. The van der Waals surface area contributed by atoms with Gasteiger partial charge in [0.15, 0.2) is 0 Å². The predicted octanol–water partition coefficient (Wildman–Crippen LogP) is 1.17. The number of carboxylic acids is 1. The van der Waals surface area contributed by atoms with Crippen molar-refractivity contribution in [2.24, 2.45) is 0 Å². The van der Waals surface area contributed by atoms with Crippen LogP contribution in [0.5, 0.6) is 0 Å². The Morgan fingerprint density at radius 2 is 2.18 bits per heavy atom. The molecule has 5 heteroatoms. The Balaban J connectivity index is 2.00. The number of imidazole rings is 1. The molecule has 3 rings (SSSR count). The number of hydrogen-bond donors (Lipinski definition) is 3. The molecule has 17 heavy (non-hydrogen) atoms. The summed E-state index contributed by atoms with van der Waals surface area (Å²) in [7, 11) is 0. The van der Waals surface area contributed by atoms with E-state index in [1.165, 1.54) is 6.42 Å². The van der Waals surface area contributed by atoms with Crippen LogP contribution in [0.25, 0.3) is 0 Å². The number of H-pyrrole nitrogens is 1. The second-order valence-electron chi connectivity index (χ2n) is 5.11. The van der Waals surface area contributed by atoms with Crippen molar-refractivity contribution in [2.45, 2.75) is 50.1 Å². The van der Waals surface area contributed by atoms with E-state index in [2.05, 4.69) is 15.3 Å². The molecule has 1 aliphatic heterocycles. The van der Waals surface area contributed by atoms with Crippen LogP contribution in [0.4, 0.5) is 0 Å². The molecule has 0 amide bonds. The van der Waals surface area contributed by atoms with Crippen LogP contribution in [-0.2, 0) is 16.8 Å². The van der Waals surface area contributed by atoms with Crippen molar-refractivity contribution in [1.82, 2.24) is 15.3 Å². The average molecular weight is 235 g/mol. The van der Waals surface area contributed by atoms with E-state index < -0.39 is 12.0 Å². The number of carboxylic acid groups (broad SMARTS) is 1. The molecule has 1 unspecified atom stereocenters. The van der Waals surface area contributed by atoms with Gasteiger partial charge in [-0.1, -0.05) is 19.3 Å². The minimum Gasteiger partial charge on any atom is -0.480 e. The first-order chi connectivity index (χ1) is 8.21. The quantitative estimate of drug-likeness (QED) is 0.682. The highest BCUT2D eigenvalue weighted by Gasteiger charge is 2.44. The monoisotopic (exact) mass is 235 g/mol. The molecular weight excluding hydrogens is 218 g/mol. The number of fused-ring (bicyclic) bond motifs is 2. The van der Waals surface area contributed by atoms with Crippen molar-refractivity contribution in [1.29, 1.82) is 0 Å². The van der Waals surface area contributed by atoms with Gasteiger partial charge in [0.25, 0.3) is 0 Å². The van der Waals surface area contributed by atoms with Gasteiger partial charge >= 0.3 is 5.97 Å². The largest absolute Gasteiger partial charge is 0.480 e. The number of rotatable bonds is 1. The Labute approximate surface area is 99.6 Å². The maximum Gasteiger partial charge on any atom is 0.321 e. The third-order valence-electron chi connectivity index (χ3n) is 4.04. The van der Waals surface area contributed by atoms with Crippen molar-refractivity contribution in [2.75, 3.05) is 0 Å². The van der Waals surface area contributed by atoms with Gasteiger partial charge in [-0.3, -0.25) is 10.1 Å². The summed E-state index contributed by atoms with van der Waals surface area (Å²) in [5.74, 6) is -0.768. The number of nitrogens with zero attached hydrogens (tertiary/aromatic N) is 1. The van der Waals surface area contributed by atoms with Gasteiger partial charge in [0.05, 0.1) is 17.6 Å². The molecule has 1 saturated carbocycles. The van der Waals surface area contributed by atoms with E-state index in [1.54, 1.807) is 6.33 Å². The Morgan fingerprint density at radius 1 is 1.41 bits per heavy atom. The SMILES string of the molecule is O=C(O)C1Cc2[nH]cnc2C2(CCCCC2)N1. The normalized spacial score (nSPS) is 26.7. The van der Waals surface area contributed by atoms with Gasteiger partial charge in [0, 0.05) is 12.1 Å². The van der Waals surface area contributed by atoms with E-state index in [4.69, 9.17) is 0 Å². The molecule has 1 fully saturated rings. The van der Waals surface area contributed by atoms with Gasteiger partial charge < -0.3 is 10.1 Å². The smallest absolute Gasteiger partial charge is 0.321 e.